The van der Waals surface area contributed by atoms with Crippen LogP contribution in [0.4, 0.5) is 10.1 Å². The van der Waals surface area contributed by atoms with Gasteiger partial charge in [-0.1, -0.05) is 25.0 Å². The first-order chi connectivity index (χ1) is 16.6. The van der Waals surface area contributed by atoms with Crippen molar-refractivity contribution in [1.82, 2.24) is 9.55 Å². The van der Waals surface area contributed by atoms with Crippen molar-refractivity contribution in [3.05, 3.63) is 71.8 Å². The zero-order chi connectivity index (χ0) is 23.7. The summed E-state index contributed by atoms with van der Waals surface area (Å²) in [6.07, 6.45) is 10.8. The summed E-state index contributed by atoms with van der Waals surface area (Å²) in [7, 11) is 1.70. The molecular formula is C28H26FN5. The Morgan fingerprint density at radius 3 is 2.71 bits per heavy atom. The number of aromatic nitrogens is 2. The van der Waals surface area contributed by atoms with Crippen LogP contribution in [0.15, 0.2) is 59.9 Å². The predicted octanol–water partition coefficient (Wildman–Crippen LogP) is 6.20. The first kappa shape index (κ1) is 21.8. The van der Waals surface area contributed by atoms with E-state index in [1.165, 1.54) is 37.8 Å². The Kier molecular flexibility index (Phi) is 5.85. The molecule has 0 saturated heterocycles. The van der Waals surface area contributed by atoms with E-state index in [1.54, 1.807) is 19.3 Å². The van der Waals surface area contributed by atoms with Crippen LogP contribution in [0.5, 0.6) is 0 Å². The van der Waals surface area contributed by atoms with Gasteiger partial charge in [0.05, 0.1) is 23.0 Å². The van der Waals surface area contributed by atoms with E-state index >= 15 is 0 Å². The number of pyridine rings is 1. The van der Waals surface area contributed by atoms with Crippen molar-refractivity contribution < 1.29 is 4.39 Å². The number of nitrogen functional groups attached to an aromatic ring is 1. The van der Waals surface area contributed by atoms with Crippen molar-refractivity contribution in [3.63, 3.8) is 0 Å². The minimum absolute atomic E-state index is 0.0261. The third-order valence-corrected chi connectivity index (χ3v) is 6.76. The van der Waals surface area contributed by atoms with Crippen LogP contribution in [-0.2, 0) is 6.54 Å². The van der Waals surface area contributed by atoms with E-state index in [1.807, 2.05) is 30.5 Å². The van der Waals surface area contributed by atoms with Crippen LogP contribution in [-0.4, -0.2) is 22.8 Å². The zero-order valence-electron chi connectivity index (χ0n) is 19.1. The summed E-state index contributed by atoms with van der Waals surface area (Å²) in [5.74, 6) is 0.142. The lowest BCUT2D eigenvalue weighted by Gasteiger charge is -2.15. The molecule has 0 unspecified atom stereocenters. The second kappa shape index (κ2) is 9.11. The maximum absolute atomic E-state index is 14.7. The zero-order valence-corrected chi connectivity index (χ0v) is 19.1. The topological polar surface area (TPSA) is 80.0 Å². The third kappa shape index (κ3) is 3.94. The highest BCUT2D eigenvalue weighted by atomic mass is 19.1. The molecule has 2 aromatic heterocycles. The molecule has 1 saturated carbocycles. The van der Waals surface area contributed by atoms with E-state index in [0.29, 0.717) is 17.2 Å². The van der Waals surface area contributed by atoms with Crippen molar-refractivity contribution in [3.8, 4) is 28.5 Å². The van der Waals surface area contributed by atoms with Crippen LogP contribution in [0.3, 0.4) is 0 Å². The Morgan fingerprint density at radius 1 is 1.18 bits per heavy atom. The van der Waals surface area contributed by atoms with Gasteiger partial charge in [-0.15, -0.1) is 0 Å². The van der Waals surface area contributed by atoms with Gasteiger partial charge in [-0.2, -0.15) is 5.26 Å². The molecule has 5 nitrogen and oxygen atoms in total. The summed E-state index contributed by atoms with van der Waals surface area (Å²) in [4.78, 5) is 8.98. The Labute approximate surface area is 198 Å². The summed E-state index contributed by atoms with van der Waals surface area (Å²) in [5, 5.41) is 10.2. The highest BCUT2D eigenvalue weighted by molar-refractivity contribution is 6.02. The van der Waals surface area contributed by atoms with E-state index in [4.69, 9.17) is 10.7 Å². The fourth-order valence-corrected chi connectivity index (χ4v) is 5.03. The smallest absolute Gasteiger partial charge is 0.141 e. The average Bonchev–Trinajstić information content (AvgIpc) is 3.50. The molecular weight excluding hydrogens is 425 g/mol. The van der Waals surface area contributed by atoms with Crippen LogP contribution in [0.1, 0.15) is 36.8 Å². The second-order valence-electron chi connectivity index (χ2n) is 8.94. The standard InChI is InChI=1S/C28H26FN5/c1-32-15-22-12-20(8-9-25(22)31)28-27(19-6-7-21(14-30)24(29)13-19)23-10-11-34(26(23)16-33-28)17-18-4-2-3-5-18/h6-13,15-16,18H,2-5,17,31H2,1H3. The molecule has 5 rings (SSSR count). The van der Waals surface area contributed by atoms with E-state index in [9.17, 15) is 9.65 Å². The van der Waals surface area contributed by atoms with Gasteiger partial charge in [0.25, 0.3) is 0 Å². The molecule has 4 aromatic rings. The molecule has 0 aliphatic heterocycles. The minimum Gasteiger partial charge on any atom is -0.398 e. The van der Waals surface area contributed by atoms with Gasteiger partial charge in [0.2, 0.25) is 0 Å². The van der Waals surface area contributed by atoms with Crippen molar-refractivity contribution in [2.24, 2.45) is 10.9 Å². The summed E-state index contributed by atoms with van der Waals surface area (Å²) in [6, 6.07) is 14.5. The highest BCUT2D eigenvalue weighted by Crippen LogP contribution is 2.39. The SMILES string of the molecule is CN=Cc1cc(-c2ncc3c(ccn3CC3CCCC3)c2-c2ccc(C#N)c(F)c2)ccc1N. The van der Waals surface area contributed by atoms with Crippen LogP contribution < -0.4 is 5.73 Å². The van der Waals surface area contributed by atoms with Crippen LogP contribution in [0.2, 0.25) is 0 Å². The molecule has 2 heterocycles. The molecule has 1 aliphatic carbocycles. The monoisotopic (exact) mass is 451 g/mol. The summed E-state index contributed by atoms with van der Waals surface area (Å²) in [6.45, 7) is 0.963. The van der Waals surface area contributed by atoms with Gasteiger partial charge >= 0.3 is 0 Å². The summed E-state index contributed by atoms with van der Waals surface area (Å²) >= 11 is 0. The minimum atomic E-state index is -0.538. The molecule has 0 radical (unpaired) electrons. The molecule has 6 heteroatoms. The molecule has 0 amide bonds. The van der Waals surface area contributed by atoms with Gasteiger partial charge in [0.15, 0.2) is 0 Å². The number of hydrogen-bond donors (Lipinski definition) is 1. The lowest BCUT2D eigenvalue weighted by molar-refractivity contribution is 0.466. The molecule has 1 fully saturated rings. The van der Waals surface area contributed by atoms with E-state index in [2.05, 4.69) is 21.8 Å². The largest absolute Gasteiger partial charge is 0.398 e. The van der Waals surface area contributed by atoms with Crippen molar-refractivity contribution in [2.75, 3.05) is 12.8 Å². The second-order valence-corrected chi connectivity index (χ2v) is 8.94. The maximum atomic E-state index is 14.7. The van der Waals surface area contributed by atoms with Crippen LogP contribution in [0, 0.1) is 23.1 Å². The third-order valence-electron chi connectivity index (χ3n) is 6.76. The van der Waals surface area contributed by atoms with Gasteiger partial charge in [-0.25, -0.2) is 4.39 Å². The molecule has 2 N–H and O–H groups in total. The number of benzene rings is 2. The fourth-order valence-electron chi connectivity index (χ4n) is 5.03. The number of halogens is 1. The highest BCUT2D eigenvalue weighted by Gasteiger charge is 2.20. The Hall–Kier alpha value is -3.98. The quantitative estimate of drug-likeness (QED) is 0.290. The van der Waals surface area contributed by atoms with E-state index < -0.39 is 5.82 Å². The summed E-state index contributed by atoms with van der Waals surface area (Å²) < 4.78 is 16.9. The number of hydrogen-bond acceptors (Lipinski definition) is 4. The Bertz CT molecular complexity index is 1440. The Morgan fingerprint density at radius 2 is 1.97 bits per heavy atom. The van der Waals surface area contributed by atoms with Gasteiger partial charge < -0.3 is 10.3 Å². The fraction of sp³-hybridized carbons (Fsp3) is 0.250. The number of nitriles is 1. The Balaban J connectivity index is 1.72. The number of rotatable bonds is 5. The van der Waals surface area contributed by atoms with Gasteiger partial charge in [-0.05, 0) is 54.7 Å². The van der Waals surface area contributed by atoms with Gasteiger partial charge in [0, 0.05) is 53.8 Å². The van der Waals surface area contributed by atoms with Crippen LogP contribution in [0.25, 0.3) is 33.3 Å². The number of fused-ring (bicyclic) bond motifs is 1. The van der Waals surface area contributed by atoms with Crippen molar-refractivity contribution in [2.45, 2.75) is 32.2 Å². The number of anilines is 1. The first-order valence-corrected chi connectivity index (χ1v) is 11.6. The first-order valence-electron chi connectivity index (χ1n) is 11.6. The van der Waals surface area contributed by atoms with Crippen molar-refractivity contribution in [1.29, 1.82) is 5.26 Å². The molecule has 1 aliphatic rings. The van der Waals surface area contributed by atoms with E-state index in [0.717, 1.165) is 39.8 Å². The number of nitrogens with two attached hydrogens (primary N) is 1. The molecule has 0 spiro atoms. The van der Waals surface area contributed by atoms with Gasteiger partial charge in [0.1, 0.15) is 11.9 Å². The van der Waals surface area contributed by atoms with Crippen molar-refractivity contribution >= 4 is 22.8 Å². The predicted molar refractivity (Wildman–Crippen MR) is 135 cm³/mol. The number of aliphatic imine (C=N–C) groups is 1. The number of nitrogens with zero attached hydrogens (tertiary/aromatic N) is 4. The molecule has 0 atom stereocenters. The van der Waals surface area contributed by atoms with Crippen LogP contribution >= 0.6 is 0 Å². The maximum Gasteiger partial charge on any atom is 0.141 e. The van der Waals surface area contributed by atoms with Gasteiger partial charge in [-0.3, -0.25) is 9.98 Å². The lowest BCUT2D eigenvalue weighted by Crippen LogP contribution is -2.06. The molecule has 34 heavy (non-hydrogen) atoms. The summed E-state index contributed by atoms with van der Waals surface area (Å²) in [5.41, 5.74) is 11.8. The molecule has 170 valence electrons. The molecule has 0 bridgehead atoms. The normalized spacial score (nSPS) is 14.3. The average molecular weight is 452 g/mol. The molecule has 2 aromatic carbocycles. The van der Waals surface area contributed by atoms with E-state index in [-0.39, 0.29) is 5.56 Å². The lowest BCUT2D eigenvalue weighted by atomic mass is 9.94.